The molecule has 1 aromatic carbocycles. The number of para-hydroxylation sites is 1. The Labute approximate surface area is 140 Å². The molecule has 0 aliphatic carbocycles. The summed E-state index contributed by atoms with van der Waals surface area (Å²) >= 11 is 0. The maximum atomic E-state index is 4.55. The van der Waals surface area contributed by atoms with Crippen molar-refractivity contribution in [2.75, 3.05) is 31.1 Å². The maximum Gasteiger partial charge on any atom is 0.168 e. The number of aryl methyl sites for hydroxylation is 1. The molecule has 4 rings (SSSR count). The number of hydrogen-bond donors (Lipinski definition) is 1. The molecule has 23 heavy (non-hydrogen) atoms. The standard InChI is InChI=1S/C16H18N6.ClH/c1-12-4-2-3-5-14(12)22-16-13(10-20-22)15(18-11-19-16)21-8-6-17-7-9-21;/h2-5,10-11,17H,6-9H2,1H3;1H. The Balaban J connectivity index is 0.00000156. The number of aromatic nitrogens is 4. The molecule has 1 fully saturated rings. The monoisotopic (exact) mass is 330 g/mol. The minimum atomic E-state index is 0. The van der Waals surface area contributed by atoms with Crippen molar-refractivity contribution in [3.8, 4) is 5.69 Å². The van der Waals surface area contributed by atoms with Crippen LogP contribution < -0.4 is 10.2 Å². The molecule has 6 nitrogen and oxygen atoms in total. The van der Waals surface area contributed by atoms with Crippen LogP contribution in [0.5, 0.6) is 0 Å². The molecule has 0 radical (unpaired) electrons. The SMILES string of the molecule is Cc1ccccc1-n1ncc2c(N3CCNCC3)ncnc21.Cl. The van der Waals surface area contributed by atoms with Crippen LogP contribution in [0.25, 0.3) is 16.7 Å². The normalized spacial score (nSPS) is 14.7. The predicted octanol–water partition coefficient (Wildman–Crippen LogP) is 1.96. The number of benzene rings is 1. The third kappa shape index (κ3) is 2.75. The quantitative estimate of drug-likeness (QED) is 0.778. The zero-order valence-electron chi connectivity index (χ0n) is 12.9. The van der Waals surface area contributed by atoms with Crippen molar-refractivity contribution in [1.29, 1.82) is 0 Å². The zero-order valence-corrected chi connectivity index (χ0v) is 13.8. The molecule has 3 heterocycles. The van der Waals surface area contributed by atoms with Gasteiger partial charge in [-0.05, 0) is 18.6 Å². The highest BCUT2D eigenvalue weighted by atomic mass is 35.5. The summed E-state index contributed by atoms with van der Waals surface area (Å²) in [6, 6.07) is 8.20. The second kappa shape index (κ2) is 6.52. The molecule has 1 aliphatic rings. The zero-order chi connectivity index (χ0) is 14.9. The molecule has 2 aromatic heterocycles. The molecule has 0 bridgehead atoms. The van der Waals surface area contributed by atoms with Gasteiger partial charge in [-0.25, -0.2) is 14.6 Å². The highest BCUT2D eigenvalue weighted by Crippen LogP contribution is 2.25. The highest BCUT2D eigenvalue weighted by molar-refractivity contribution is 5.87. The van der Waals surface area contributed by atoms with E-state index in [0.717, 1.165) is 48.7 Å². The Bertz CT molecular complexity index is 809. The first-order valence-electron chi connectivity index (χ1n) is 7.55. The lowest BCUT2D eigenvalue weighted by Crippen LogP contribution is -2.44. The van der Waals surface area contributed by atoms with Crippen molar-refractivity contribution < 1.29 is 0 Å². The Hall–Kier alpha value is -2.18. The molecular formula is C16H19ClN6. The molecular weight excluding hydrogens is 312 g/mol. The van der Waals surface area contributed by atoms with E-state index in [1.165, 1.54) is 5.56 Å². The molecule has 3 aromatic rings. The molecule has 120 valence electrons. The van der Waals surface area contributed by atoms with Gasteiger partial charge >= 0.3 is 0 Å². The molecule has 1 aliphatic heterocycles. The molecule has 1 N–H and O–H groups in total. The summed E-state index contributed by atoms with van der Waals surface area (Å²) in [5, 5.41) is 8.93. The molecule has 7 heteroatoms. The van der Waals surface area contributed by atoms with Crippen LogP contribution in [0.3, 0.4) is 0 Å². The Morgan fingerprint density at radius 2 is 1.87 bits per heavy atom. The second-order valence-corrected chi connectivity index (χ2v) is 5.51. The summed E-state index contributed by atoms with van der Waals surface area (Å²) < 4.78 is 1.90. The number of anilines is 1. The lowest BCUT2D eigenvalue weighted by atomic mass is 10.2. The largest absolute Gasteiger partial charge is 0.353 e. The fraction of sp³-hybridized carbons (Fsp3) is 0.312. The smallest absolute Gasteiger partial charge is 0.168 e. The van der Waals surface area contributed by atoms with E-state index >= 15 is 0 Å². The summed E-state index contributed by atoms with van der Waals surface area (Å²) in [6.07, 6.45) is 3.51. The van der Waals surface area contributed by atoms with Crippen LogP contribution in [0.1, 0.15) is 5.56 Å². The average Bonchev–Trinajstić information content (AvgIpc) is 3.00. The van der Waals surface area contributed by atoms with Crippen molar-refractivity contribution >= 4 is 29.3 Å². The average molecular weight is 331 g/mol. The van der Waals surface area contributed by atoms with E-state index in [9.17, 15) is 0 Å². The number of nitrogens with one attached hydrogen (secondary N) is 1. The van der Waals surface area contributed by atoms with Crippen molar-refractivity contribution in [2.45, 2.75) is 6.92 Å². The van der Waals surface area contributed by atoms with Gasteiger partial charge in [-0.2, -0.15) is 5.10 Å². The van der Waals surface area contributed by atoms with Gasteiger partial charge in [0, 0.05) is 26.2 Å². The third-order valence-electron chi connectivity index (χ3n) is 4.10. The highest BCUT2D eigenvalue weighted by Gasteiger charge is 2.18. The Morgan fingerprint density at radius 3 is 2.65 bits per heavy atom. The van der Waals surface area contributed by atoms with E-state index in [0.29, 0.717) is 0 Å². The van der Waals surface area contributed by atoms with Gasteiger partial charge in [0.05, 0.1) is 17.3 Å². The van der Waals surface area contributed by atoms with E-state index in [-0.39, 0.29) is 12.4 Å². The topological polar surface area (TPSA) is 58.9 Å². The first-order valence-corrected chi connectivity index (χ1v) is 7.55. The van der Waals surface area contributed by atoms with E-state index < -0.39 is 0 Å². The lowest BCUT2D eigenvalue weighted by molar-refractivity contribution is 0.586. The maximum absolute atomic E-state index is 4.55. The van der Waals surface area contributed by atoms with Crippen molar-refractivity contribution in [2.24, 2.45) is 0 Å². The van der Waals surface area contributed by atoms with Gasteiger partial charge in [-0.15, -0.1) is 12.4 Å². The van der Waals surface area contributed by atoms with Crippen molar-refractivity contribution in [3.63, 3.8) is 0 Å². The molecule has 0 unspecified atom stereocenters. The number of piperazine rings is 1. The Kier molecular flexibility index (Phi) is 4.45. The van der Waals surface area contributed by atoms with Gasteiger partial charge in [0.15, 0.2) is 5.65 Å². The summed E-state index contributed by atoms with van der Waals surface area (Å²) in [5.41, 5.74) is 3.09. The van der Waals surface area contributed by atoms with Crippen LogP contribution in [0, 0.1) is 6.92 Å². The number of hydrogen-bond acceptors (Lipinski definition) is 5. The Morgan fingerprint density at radius 1 is 1.09 bits per heavy atom. The minimum Gasteiger partial charge on any atom is -0.353 e. The van der Waals surface area contributed by atoms with Crippen LogP contribution in [-0.2, 0) is 0 Å². The van der Waals surface area contributed by atoms with E-state index in [2.05, 4.69) is 44.3 Å². The van der Waals surface area contributed by atoms with E-state index in [1.54, 1.807) is 6.33 Å². The van der Waals surface area contributed by atoms with Gasteiger partial charge in [0.2, 0.25) is 0 Å². The molecule has 0 atom stereocenters. The summed E-state index contributed by atoms with van der Waals surface area (Å²) in [5.74, 6) is 0.978. The molecule has 0 spiro atoms. The number of rotatable bonds is 2. The van der Waals surface area contributed by atoms with Crippen LogP contribution in [-0.4, -0.2) is 45.9 Å². The van der Waals surface area contributed by atoms with Crippen LogP contribution in [0.4, 0.5) is 5.82 Å². The summed E-state index contributed by atoms with van der Waals surface area (Å²) in [4.78, 5) is 11.3. The second-order valence-electron chi connectivity index (χ2n) is 5.51. The number of nitrogens with zero attached hydrogens (tertiary/aromatic N) is 5. The van der Waals surface area contributed by atoms with Gasteiger partial charge in [-0.3, -0.25) is 0 Å². The first kappa shape index (κ1) is 15.7. The number of halogens is 1. The van der Waals surface area contributed by atoms with Crippen LogP contribution in [0.2, 0.25) is 0 Å². The van der Waals surface area contributed by atoms with Gasteiger partial charge < -0.3 is 10.2 Å². The fourth-order valence-corrected chi connectivity index (χ4v) is 2.94. The van der Waals surface area contributed by atoms with E-state index in [1.807, 2.05) is 23.0 Å². The van der Waals surface area contributed by atoms with Gasteiger partial charge in [0.1, 0.15) is 12.1 Å². The molecule has 0 saturated carbocycles. The predicted molar refractivity (Wildman–Crippen MR) is 93.7 cm³/mol. The molecule has 0 amide bonds. The van der Waals surface area contributed by atoms with Crippen LogP contribution in [0.15, 0.2) is 36.8 Å². The summed E-state index contributed by atoms with van der Waals surface area (Å²) in [7, 11) is 0. The van der Waals surface area contributed by atoms with Gasteiger partial charge in [0.25, 0.3) is 0 Å². The lowest BCUT2D eigenvalue weighted by Gasteiger charge is -2.28. The van der Waals surface area contributed by atoms with Crippen molar-refractivity contribution in [3.05, 3.63) is 42.4 Å². The third-order valence-corrected chi connectivity index (χ3v) is 4.10. The van der Waals surface area contributed by atoms with E-state index in [4.69, 9.17) is 0 Å². The van der Waals surface area contributed by atoms with Crippen molar-refractivity contribution in [1.82, 2.24) is 25.1 Å². The fourth-order valence-electron chi connectivity index (χ4n) is 2.94. The first-order chi connectivity index (χ1) is 10.8. The molecule has 1 saturated heterocycles. The summed E-state index contributed by atoms with van der Waals surface area (Å²) in [6.45, 7) is 5.97. The van der Waals surface area contributed by atoms with Crippen LogP contribution >= 0.6 is 12.4 Å². The van der Waals surface area contributed by atoms with Gasteiger partial charge in [-0.1, -0.05) is 18.2 Å². The number of fused-ring (bicyclic) bond motifs is 1. The minimum absolute atomic E-state index is 0.